The Morgan fingerprint density at radius 1 is 1.21 bits per heavy atom. The van der Waals surface area contributed by atoms with Gasteiger partial charge >= 0.3 is 5.69 Å². The Balaban J connectivity index is 1.55. The normalized spacial score (nSPS) is 22.3. The number of aromatic nitrogens is 3. The van der Waals surface area contributed by atoms with E-state index in [-0.39, 0.29) is 17.7 Å². The van der Waals surface area contributed by atoms with Gasteiger partial charge in [0.05, 0.1) is 18.4 Å². The van der Waals surface area contributed by atoms with Gasteiger partial charge in [-0.25, -0.2) is 9.89 Å². The monoisotopic (exact) mass is 354 g/mol. The molecule has 1 amide bonds. The number of rotatable bonds is 5. The van der Waals surface area contributed by atoms with Gasteiger partial charge in [0, 0.05) is 19.7 Å². The van der Waals surface area contributed by atoms with E-state index < -0.39 is 0 Å². The molecule has 0 spiro atoms. The van der Waals surface area contributed by atoms with Gasteiger partial charge in [0.2, 0.25) is 5.91 Å². The van der Waals surface area contributed by atoms with Gasteiger partial charge in [0.25, 0.3) is 0 Å². The predicted octanol–water partition coefficient (Wildman–Crippen LogP) is 1.64. The summed E-state index contributed by atoms with van der Waals surface area (Å²) in [6.07, 6.45) is 7.94. The number of hydrogen-bond acceptors (Lipinski definition) is 5. The van der Waals surface area contributed by atoms with Crippen LogP contribution in [-0.2, 0) is 16.1 Å². The van der Waals surface area contributed by atoms with Crippen molar-refractivity contribution in [2.45, 2.75) is 62.8 Å². The minimum Gasteiger partial charge on any atom is -0.376 e. The molecule has 2 saturated heterocycles. The summed E-state index contributed by atoms with van der Waals surface area (Å²) in [7, 11) is 0. The van der Waals surface area contributed by atoms with E-state index in [1.165, 1.54) is 31.0 Å². The molecule has 1 atom stereocenters. The standard InChI is InChI=1S/C16H26N4O3S/c21-14(19-8-4-2-1-3-5-9-19)12-24-16-18-17-15(22)20(16)11-13-7-6-10-23-13/h13H,1-12H2,(H,17,22). The zero-order valence-electron chi connectivity index (χ0n) is 14.0. The number of carbonyl (C=O) groups excluding carboxylic acids is 1. The molecule has 8 heteroatoms. The first-order valence-electron chi connectivity index (χ1n) is 8.91. The number of hydrogen-bond donors (Lipinski definition) is 1. The lowest BCUT2D eigenvalue weighted by Crippen LogP contribution is -2.35. The fourth-order valence-corrected chi connectivity index (χ4v) is 4.14. The number of ether oxygens (including phenoxy) is 1. The molecule has 2 aliphatic heterocycles. The third-order valence-electron chi connectivity index (χ3n) is 4.67. The van der Waals surface area contributed by atoms with Crippen LogP contribution in [0.25, 0.3) is 0 Å². The Kier molecular flexibility index (Phi) is 6.37. The third-order valence-corrected chi connectivity index (χ3v) is 5.63. The summed E-state index contributed by atoms with van der Waals surface area (Å²) < 4.78 is 7.20. The van der Waals surface area contributed by atoms with E-state index >= 15 is 0 Å². The van der Waals surface area contributed by atoms with Crippen molar-refractivity contribution in [3.05, 3.63) is 10.5 Å². The van der Waals surface area contributed by atoms with E-state index in [1.54, 1.807) is 4.57 Å². The lowest BCUT2D eigenvalue weighted by atomic mass is 10.1. The van der Waals surface area contributed by atoms with Gasteiger partial charge in [-0.2, -0.15) is 0 Å². The van der Waals surface area contributed by atoms with Crippen molar-refractivity contribution in [3.8, 4) is 0 Å². The van der Waals surface area contributed by atoms with Crippen LogP contribution < -0.4 is 5.69 Å². The van der Waals surface area contributed by atoms with Crippen LogP contribution in [0, 0.1) is 0 Å². The summed E-state index contributed by atoms with van der Waals surface area (Å²) in [5.74, 6) is 0.469. The SMILES string of the molecule is O=C(CSc1n[nH]c(=O)n1CC1CCCO1)N1CCCCCCC1. The Morgan fingerprint density at radius 3 is 2.67 bits per heavy atom. The molecule has 134 valence electrons. The van der Waals surface area contributed by atoms with E-state index in [0.29, 0.717) is 17.5 Å². The molecule has 1 aromatic heterocycles. The number of likely N-dealkylation sites (tertiary alicyclic amines) is 1. The van der Waals surface area contributed by atoms with Crippen molar-refractivity contribution < 1.29 is 9.53 Å². The predicted molar refractivity (Wildman–Crippen MR) is 92.2 cm³/mol. The molecule has 0 bridgehead atoms. The lowest BCUT2D eigenvalue weighted by molar-refractivity contribution is -0.128. The summed E-state index contributed by atoms with van der Waals surface area (Å²) in [5, 5.41) is 7.14. The number of H-pyrrole nitrogens is 1. The largest absolute Gasteiger partial charge is 0.376 e. The van der Waals surface area contributed by atoms with Gasteiger partial charge < -0.3 is 9.64 Å². The van der Waals surface area contributed by atoms with Crippen LogP contribution >= 0.6 is 11.8 Å². The van der Waals surface area contributed by atoms with E-state index in [4.69, 9.17) is 4.74 Å². The minimum atomic E-state index is -0.230. The second-order valence-electron chi connectivity index (χ2n) is 6.49. The highest BCUT2D eigenvalue weighted by atomic mass is 32.2. The van der Waals surface area contributed by atoms with E-state index in [2.05, 4.69) is 10.2 Å². The Hall–Kier alpha value is -1.28. The minimum absolute atomic E-state index is 0.0738. The summed E-state index contributed by atoms with van der Waals surface area (Å²) in [4.78, 5) is 26.4. The average molecular weight is 354 g/mol. The molecular weight excluding hydrogens is 328 g/mol. The number of amides is 1. The van der Waals surface area contributed by atoms with Crippen LogP contribution in [-0.4, -0.2) is 57.1 Å². The van der Waals surface area contributed by atoms with Crippen molar-refractivity contribution in [2.75, 3.05) is 25.4 Å². The first kappa shape index (κ1) is 17.5. The maximum Gasteiger partial charge on any atom is 0.344 e. The topological polar surface area (TPSA) is 80.2 Å². The van der Waals surface area contributed by atoms with Gasteiger partial charge in [-0.3, -0.25) is 9.36 Å². The molecule has 3 heterocycles. The van der Waals surface area contributed by atoms with Crippen LogP contribution in [0.2, 0.25) is 0 Å². The third kappa shape index (κ3) is 4.63. The van der Waals surface area contributed by atoms with E-state index in [0.717, 1.165) is 45.4 Å². The number of thioether (sulfide) groups is 1. The van der Waals surface area contributed by atoms with Crippen molar-refractivity contribution in [1.82, 2.24) is 19.7 Å². The quantitative estimate of drug-likeness (QED) is 0.813. The van der Waals surface area contributed by atoms with Crippen LogP contribution in [0.15, 0.2) is 9.95 Å². The van der Waals surface area contributed by atoms with Crippen molar-refractivity contribution in [1.29, 1.82) is 0 Å². The summed E-state index contributed by atoms with van der Waals surface area (Å²) in [5.41, 5.74) is -0.230. The molecule has 0 aromatic carbocycles. The first-order valence-corrected chi connectivity index (χ1v) is 9.90. The molecule has 3 rings (SSSR count). The summed E-state index contributed by atoms with van der Waals surface area (Å²) in [6, 6.07) is 0. The molecule has 7 nitrogen and oxygen atoms in total. The number of nitrogens with one attached hydrogen (secondary N) is 1. The zero-order valence-corrected chi connectivity index (χ0v) is 14.9. The molecule has 1 unspecified atom stereocenters. The highest BCUT2D eigenvalue weighted by Gasteiger charge is 2.21. The Morgan fingerprint density at radius 2 is 1.96 bits per heavy atom. The maximum atomic E-state index is 12.5. The number of carbonyl (C=O) groups is 1. The summed E-state index contributed by atoms with van der Waals surface area (Å²) in [6.45, 7) is 2.97. The smallest absolute Gasteiger partial charge is 0.344 e. The molecule has 1 aromatic rings. The second-order valence-corrected chi connectivity index (χ2v) is 7.44. The molecule has 0 aliphatic carbocycles. The van der Waals surface area contributed by atoms with Crippen LogP contribution in [0.3, 0.4) is 0 Å². The Labute approximate surface area is 146 Å². The number of aromatic amines is 1. The molecule has 2 fully saturated rings. The average Bonchev–Trinajstić information content (AvgIpc) is 3.17. The first-order chi connectivity index (χ1) is 11.7. The molecular formula is C16H26N4O3S. The molecule has 0 saturated carbocycles. The van der Waals surface area contributed by atoms with Gasteiger partial charge in [0.15, 0.2) is 5.16 Å². The number of nitrogens with zero attached hydrogens (tertiary/aromatic N) is 3. The zero-order chi connectivity index (χ0) is 16.8. The van der Waals surface area contributed by atoms with Crippen LogP contribution in [0.4, 0.5) is 0 Å². The van der Waals surface area contributed by atoms with Crippen LogP contribution in [0.1, 0.15) is 44.9 Å². The fraction of sp³-hybridized carbons (Fsp3) is 0.812. The maximum absolute atomic E-state index is 12.5. The second kappa shape index (κ2) is 8.71. The van der Waals surface area contributed by atoms with Crippen LogP contribution in [0.5, 0.6) is 0 Å². The molecule has 24 heavy (non-hydrogen) atoms. The molecule has 1 N–H and O–H groups in total. The molecule has 0 radical (unpaired) electrons. The fourth-order valence-electron chi connectivity index (χ4n) is 3.28. The van der Waals surface area contributed by atoms with Gasteiger partial charge in [-0.05, 0) is 25.7 Å². The van der Waals surface area contributed by atoms with E-state index in [9.17, 15) is 9.59 Å². The lowest BCUT2D eigenvalue weighted by Gasteiger charge is -2.24. The van der Waals surface area contributed by atoms with Crippen molar-refractivity contribution in [3.63, 3.8) is 0 Å². The summed E-state index contributed by atoms with van der Waals surface area (Å²) >= 11 is 1.34. The van der Waals surface area contributed by atoms with Gasteiger partial charge in [0.1, 0.15) is 0 Å². The Bertz CT molecular complexity index is 586. The van der Waals surface area contributed by atoms with Gasteiger partial charge in [-0.15, -0.1) is 5.10 Å². The van der Waals surface area contributed by atoms with Crippen molar-refractivity contribution in [2.24, 2.45) is 0 Å². The highest BCUT2D eigenvalue weighted by Crippen LogP contribution is 2.19. The molecule has 2 aliphatic rings. The van der Waals surface area contributed by atoms with Crippen molar-refractivity contribution >= 4 is 17.7 Å². The van der Waals surface area contributed by atoms with E-state index in [1.807, 2.05) is 4.90 Å². The van der Waals surface area contributed by atoms with Gasteiger partial charge in [-0.1, -0.05) is 31.0 Å². The highest BCUT2D eigenvalue weighted by molar-refractivity contribution is 7.99.